The maximum absolute atomic E-state index is 11.2. The number of anilines is 2. The fourth-order valence-corrected chi connectivity index (χ4v) is 5.59. The van der Waals surface area contributed by atoms with Gasteiger partial charge in [0.25, 0.3) is 0 Å². The van der Waals surface area contributed by atoms with Crippen molar-refractivity contribution in [1.82, 2.24) is 19.7 Å². The van der Waals surface area contributed by atoms with E-state index in [1.54, 1.807) is 12.5 Å². The molecule has 2 heterocycles. The first kappa shape index (κ1) is 21.1. The molecule has 2 aromatic heterocycles. The molecule has 168 valence electrons. The number of thiazole rings is 1. The highest BCUT2D eigenvalue weighted by Crippen LogP contribution is 2.43. The number of rotatable bonds is 6. The number of nitrogens with one attached hydrogen (secondary N) is 1. The number of aliphatic hydroxyl groups is 1. The maximum atomic E-state index is 11.2. The summed E-state index contributed by atoms with van der Waals surface area (Å²) in [5.41, 5.74) is 2.02. The molecule has 0 bridgehead atoms. The van der Waals surface area contributed by atoms with Crippen molar-refractivity contribution >= 4 is 28.9 Å². The molecule has 0 spiro atoms. The van der Waals surface area contributed by atoms with Crippen LogP contribution in [0.15, 0.2) is 30.7 Å². The number of aliphatic carboxylic acids is 1. The topological polar surface area (TPSA) is 113 Å². The van der Waals surface area contributed by atoms with Gasteiger partial charge in [-0.2, -0.15) is 10.1 Å². The molecule has 9 heteroatoms. The van der Waals surface area contributed by atoms with Crippen LogP contribution in [0.4, 0.5) is 11.6 Å². The molecule has 2 saturated carbocycles. The van der Waals surface area contributed by atoms with Crippen molar-refractivity contribution in [2.75, 3.05) is 5.32 Å². The van der Waals surface area contributed by atoms with Crippen molar-refractivity contribution in [3.63, 3.8) is 0 Å². The van der Waals surface area contributed by atoms with Gasteiger partial charge in [-0.3, -0.25) is 4.79 Å². The van der Waals surface area contributed by atoms with Gasteiger partial charge in [0, 0.05) is 11.9 Å². The summed E-state index contributed by atoms with van der Waals surface area (Å²) in [6.07, 6.45) is 8.69. The molecule has 5 rings (SSSR count). The van der Waals surface area contributed by atoms with Crippen LogP contribution in [0, 0.1) is 12.8 Å². The number of nitrogens with zero attached hydrogens (tertiary/aromatic N) is 4. The van der Waals surface area contributed by atoms with Gasteiger partial charge in [0.15, 0.2) is 0 Å². The summed E-state index contributed by atoms with van der Waals surface area (Å²) in [5.74, 6) is -0.400. The minimum absolute atomic E-state index is 0.373. The molecule has 2 aliphatic carbocycles. The lowest BCUT2D eigenvalue weighted by Gasteiger charge is -2.32. The van der Waals surface area contributed by atoms with Crippen LogP contribution >= 0.6 is 11.3 Å². The zero-order valence-electron chi connectivity index (χ0n) is 18.0. The standard InChI is InChI=1S/C23H27N5O3S/c1-14-9-16(11-17(10-14)27-22-25-13-26-28(22)18-3-2-4-18)19-12-24-21(32-19)23(31)7-5-15(6-8-23)20(29)30/h9-13,15,18,31H,2-8H2,1H3,(H,29,30)(H,25,26,27)/t15-,23-. The molecule has 0 aliphatic heterocycles. The zero-order valence-corrected chi connectivity index (χ0v) is 18.8. The molecule has 0 saturated heterocycles. The van der Waals surface area contributed by atoms with E-state index in [9.17, 15) is 15.0 Å². The van der Waals surface area contributed by atoms with E-state index in [0.29, 0.717) is 36.7 Å². The summed E-state index contributed by atoms with van der Waals surface area (Å²) < 4.78 is 1.97. The number of carbonyl (C=O) groups is 1. The Kier molecular flexibility index (Phi) is 5.46. The summed E-state index contributed by atoms with van der Waals surface area (Å²) >= 11 is 1.48. The van der Waals surface area contributed by atoms with E-state index >= 15 is 0 Å². The summed E-state index contributed by atoms with van der Waals surface area (Å²) in [5, 5.41) is 28.8. The third-order valence-corrected chi connectivity index (χ3v) is 7.92. The predicted molar refractivity (Wildman–Crippen MR) is 122 cm³/mol. The second-order valence-corrected chi connectivity index (χ2v) is 10.0. The Morgan fingerprint density at radius 1 is 1.19 bits per heavy atom. The Morgan fingerprint density at radius 2 is 1.97 bits per heavy atom. The molecular weight excluding hydrogens is 426 g/mol. The number of carboxylic acids is 1. The molecule has 0 amide bonds. The van der Waals surface area contributed by atoms with Gasteiger partial charge in [-0.05, 0) is 75.1 Å². The third-order valence-electron chi connectivity index (χ3n) is 6.68. The Morgan fingerprint density at radius 3 is 2.66 bits per heavy atom. The number of aryl methyl sites for hydroxylation is 1. The van der Waals surface area contributed by atoms with E-state index in [0.717, 1.165) is 40.5 Å². The first-order valence-corrected chi connectivity index (χ1v) is 11.9. The lowest BCUT2D eigenvalue weighted by atomic mass is 9.79. The van der Waals surface area contributed by atoms with Gasteiger partial charge in [0.2, 0.25) is 5.95 Å². The van der Waals surface area contributed by atoms with Crippen molar-refractivity contribution in [2.45, 2.75) is 63.5 Å². The van der Waals surface area contributed by atoms with Crippen molar-refractivity contribution in [3.8, 4) is 10.4 Å². The molecule has 1 aromatic carbocycles. The van der Waals surface area contributed by atoms with Gasteiger partial charge in [-0.15, -0.1) is 11.3 Å². The van der Waals surface area contributed by atoms with Crippen LogP contribution in [0.2, 0.25) is 0 Å². The van der Waals surface area contributed by atoms with E-state index < -0.39 is 11.6 Å². The first-order valence-electron chi connectivity index (χ1n) is 11.1. The smallest absolute Gasteiger partial charge is 0.306 e. The van der Waals surface area contributed by atoms with Gasteiger partial charge >= 0.3 is 5.97 Å². The zero-order chi connectivity index (χ0) is 22.3. The average molecular weight is 454 g/mol. The van der Waals surface area contributed by atoms with E-state index in [1.165, 1.54) is 17.8 Å². The van der Waals surface area contributed by atoms with Crippen LogP contribution in [0.1, 0.15) is 61.6 Å². The van der Waals surface area contributed by atoms with Crippen LogP contribution in [-0.4, -0.2) is 35.9 Å². The van der Waals surface area contributed by atoms with Gasteiger partial charge < -0.3 is 15.5 Å². The Labute approximate surface area is 190 Å². The molecule has 0 atom stereocenters. The first-order chi connectivity index (χ1) is 15.4. The minimum Gasteiger partial charge on any atom is -0.481 e. The fourth-order valence-electron chi connectivity index (χ4n) is 4.54. The van der Waals surface area contributed by atoms with Crippen molar-refractivity contribution in [2.24, 2.45) is 5.92 Å². The van der Waals surface area contributed by atoms with Crippen LogP contribution in [0.5, 0.6) is 0 Å². The lowest BCUT2D eigenvalue weighted by Crippen LogP contribution is -2.33. The lowest BCUT2D eigenvalue weighted by molar-refractivity contribution is -0.145. The summed E-state index contributed by atoms with van der Waals surface area (Å²) in [6.45, 7) is 2.05. The van der Waals surface area contributed by atoms with Crippen LogP contribution in [0.25, 0.3) is 10.4 Å². The van der Waals surface area contributed by atoms with Crippen LogP contribution < -0.4 is 5.32 Å². The Bertz CT molecular complexity index is 1130. The number of aromatic nitrogens is 4. The highest BCUT2D eigenvalue weighted by Gasteiger charge is 2.39. The minimum atomic E-state index is -1.04. The summed E-state index contributed by atoms with van der Waals surface area (Å²) in [4.78, 5) is 21.1. The van der Waals surface area contributed by atoms with Crippen molar-refractivity contribution in [1.29, 1.82) is 0 Å². The van der Waals surface area contributed by atoms with Crippen LogP contribution in [-0.2, 0) is 10.4 Å². The molecule has 0 unspecified atom stereocenters. The molecule has 32 heavy (non-hydrogen) atoms. The molecule has 2 aliphatic rings. The second-order valence-electron chi connectivity index (χ2n) is 9.00. The number of hydrogen-bond donors (Lipinski definition) is 3. The predicted octanol–water partition coefficient (Wildman–Crippen LogP) is 4.64. The monoisotopic (exact) mass is 453 g/mol. The van der Waals surface area contributed by atoms with Gasteiger partial charge in [0.05, 0.1) is 16.8 Å². The molecule has 0 radical (unpaired) electrons. The van der Waals surface area contributed by atoms with E-state index in [-0.39, 0.29) is 5.92 Å². The molecule has 3 aromatic rings. The third kappa shape index (κ3) is 4.02. The maximum Gasteiger partial charge on any atom is 0.306 e. The highest BCUT2D eigenvalue weighted by atomic mass is 32.1. The van der Waals surface area contributed by atoms with Crippen molar-refractivity contribution in [3.05, 3.63) is 41.3 Å². The van der Waals surface area contributed by atoms with Gasteiger partial charge in [0.1, 0.15) is 16.9 Å². The van der Waals surface area contributed by atoms with E-state index in [1.807, 2.05) is 11.6 Å². The fraction of sp³-hybridized carbons (Fsp3) is 0.478. The van der Waals surface area contributed by atoms with E-state index in [2.05, 4.69) is 38.6 Å². The molecule has 3 N–H and O–H groups in total. The molecular formula is C23H27N5O3S. The number of benzene rings is 1. The number of carboxylic acid groups (broad SMARTS) is 1. The normalized spacial score (nSPS) is 23.6. The Balaban J connectivity index is 1.36. The summed E-state index contributed by atoms with van der Waals surface area (Å²) in [7, 11) is 0. The highest BCUT2D eigenvalue weighted by molar-refractivity contribution is 7.15. The van der Waals surface area contributed by atoms with E-state index in [4.69, 9.17) is 0 Å². The molecule has 2 fully saturated rings. The Hall–Kier alpha value is -2.78. The SMILES string of the molecule is Cc1cc(Nc2ncnn2C2CCC2)cc(-c2cnc([C@]3(O)CC[C@H](C(=O)O)CC3)s2)c1. The van der Waals surface area contributed by atoms with Gasteiger partial charge in [-0.1, -0.05) is 6.07 Å². The largest absolute Gasteiger partial charge is 0.481 e. The van der Waals surface area contributed by atoms with Crippen molar-refractivity contribution < 1.29 is 15.0 Å². The average Bonchev–Trinajstić information content (AvgIpc) is 3.37. The van der Waals surface area contributed by atoms with Crippen LogP contribution in [0.3, 0.4) is 0 Å². The molecule has 8 nitrogen and oxygen atoms in total. The van der Waals surface area contributed by atoms with Gasteiger partial charge in [-0.25, -0.2) is 9.67 Å². The second kappa shape index (κ2) is 8.29. The number of hydrogen-bond acceptors (Lipinski definition) is 7. The summed E-state index contributed by atoms with van der Waals surface area (Å²) in [6, 6.07) is 6.66. The quantitative estimate of drug-likeness (QED) is 0.498.